The van der Waals surface area contributed by atoms with Gasteiger partial charge in [0.25, 0.3) is 11.8 Å². The second kappa shape index (κ2) is 23.5. The van der Waals surface area contributed by atoms with Crippen molar-refractivity contribution in [2.45, 2.75) is 175 Å². The molecule has 1 unspecified atom stereocenters. The number of nitrogens with one attached hydrogen (secondary N) is 2. The predicted molar refractivity (Wildman–Crippen MR) is 270 cm³/mol. The highest BCUT2D eigenvalue weighted by molar-refractivity contribution is 6.33. The zero-order valence-corrected chi connectivity index (χ0v) is 43.5. The maximum atomic E-state index is 13.7. The van der Waals surface area contributed by atoms with Crippen molar-refractivity contribution >= 4 is 58.9 Å². The molecule has 0 bridgehead atoms. The Balaban J connectivity index is 1.22. The van der Waals surface area contributed by atoms with Gasteiger partial charge in [-0.3, -0.25) is 19.2 Å². The van der Waals surface area contributed by atoms with Crippen LogP contribution in [0.15, 0.2) is 24.3 Å². The Morgan fingerprint density at radius 3 is 1.66 bits per heavy atom. The molecule has 71 heavy (non-hydrogen) atoms. The van der Waals surface area contributed by atoms with Crippen molar-refractivity contribution in [2.75, 3.05) is 0 Å². The Bertz CT molecular complexity index is 2200. The molecule has 8 N–H and O–H groups in total. The number of carboxylic acids is 4. The lowest BCUT2D eigenvalue weighted by Gasteiger charge is -2.61. The van der Waals surface area contributed by atoms with Gasteiger partial charge in [0, 0.05) is 18.8 Å². The molecule has 14 nitrogen and oxygen atoms in total. The van der Waals surface area contributed by atoms with Gasteiger partial charge in [-0.05, 0) is 171 Å². The third-order valence-corrected chi connectivity index (χ3v) is 18.6. The summed E-state index contributed by atoms with van der Waals surface area (Å²) in [4.78, 5) is 73.8. The van der Waals surface area contributed by atoms with Gasteiger partial charge >= 0.3 is 23.9 Å². The molecule has 6 rings (SSSR count). The first-order valence-corrected chi connectivity index (χ1v) is 26.8. The third kappa shape index (κ3) is 12.8. The Morgan fingerprint density at radius 2 is 1.15 bits per heavy atom. The smallest absolute Gasteiger partial charge is 0.326 e. The lowest BCUT2D eigenvalue weighted by molar-refractivity contribution is -0.142. The van der Waals surface area contributed by atoms with Gasteiger partial charge in [0.2, 0.25) is 0 Å². The van der Waals surface area contributed by atoms with Crippen LogP contribution in [0, 0.1) is 58.2 Å². The summed E-state index contributed by atoms with van der Waals surface area (Å²) < 4.78 is 0. The van der Waals surface area contributed by atoms with Gasteiger partial charge in [-0.2, -0.15) is 0 Å². The van der Waals surface area contributed by atoms with E-state index in [1.807, 2.05) is 0 Å². The number of hydrogen-bond donors (Lipinski definition) is 8. The Kier molecular flexibility index (Phi) is 18.5. The minimum absolute atomic E-state index is 0.241. The van der Waals surface area contributed by atoms with Crippen LogP contribution in [0.1, 0.15) is 194 Å². The van der Waals surface area contributed by atoms with Crippen molar-refractivity contribution in [1.29, 1.82) is 0 Å². The summed E-state index contributed by atoms with van der Waals surface area (Å²) in [5.41, 5.74) is 0.736. The number of benzene rings is 2. The number of amides is 2. The molecule has 4 saturated carbocycles. The molecule has 0 spiro atoms. The average molecular weight is 1030 g/mol. The third-order valence-electron chi connectivity index (χ3n) is 18.0. The first-order chi connectivity index (χ1) is 33.4. The first-order valence-electron chi connectivity index (χ1n) is 26.0. The molecule has 4 aliphatic carbocycles. The topological polar surface area (TPSA) is 248 Å². The van der Waals surface area contributed by atoms with Crippen molar-refractivity contribution in [2.24, 2.45) is 58.2 Å². The molecule has 0 saturated heterocycles. The van der Waals surface area contributed by atoms with E-state index >= 15 is 0 Å². The number of aliphatic carboxylic acids is 4. The number of phenols is 2. The fourth-order valence-corrected chi connectivity index (χ4v) is 14.7. The van der Waals surface area contributed by atoms with Crippen LogP contribution in [0.2, 0.25) is 10.0 Å². The van der Waals surface area contributed by atoms with Gasteiger partial charge in [-0.25, -0.2) is 9.59 Å². The Hall–Kier alpha value is -4.56. The van der Waals surface area contributed by atoms with Gasteiger partial charge in [-0.1, -0.05) is 89.9 Å². The molecule has 11 atom stereocenters. The number of carbonyl (C=O) groups excluding carboxylic acids is 2. The monoisotopic (exact) mass is 1030 g/mol. The van der Waals surface area contributed by atoms with Gasteiger partial charge in [0.05, 0.1) is 21.2 Å². The summed E-state index contributed by atoms with van der Waals surface area (Å²) >= 11 is 13.2. The minimum Gasteiger partial charge on any atom is -0.506 e. The molecular formula is C55H76Cl2N2O12. The molecule has 2 amide bonds. The highest BCUT2D eigenvalue weighted by atomic mass is 35.5. The number of carbonyl (C=O) groups is 6. The number of rotatable bonds is 23. The summed E-state index contributed by atoms with van der Waals surface area (Å²) in [6.45, 7) is 12.4. The van der Waals surface area contributed by atoms with E-state index in [1.165, 1.54) is 88.5 Å². The van der Waals surface area contributed by atoms with E-state index in [2.05, 4.69) is 45.3 Å². The quantitative estimate of drug-likeness (QED) is 0.0518. The van der Waals surface area contributed by atoms with Crippen molar-refractivity contribution in [3.63, 3.8) is 0 Å². The van der Waals surface area contributed by atoms with Crippen LogP contribution < -0.4 is 10.6 Å². The van der Waals surface area contributed by atoms with Crippen molar-refractivity contribution in [3.8, 4) is 11.5 Å². The molecule has 0 aromatic heterocycles. The molecule has 4 aliphatic rings. The van der Waals surface area contributed by atoms with E-state index in [-0.39, 0.29) is 21.2 Å². The average Bonchev–Trinajstić information content (AvgIpc) is 3.66. The van der Waals surface area contributed by atoms with Crippen LogP contribution in [0.4, 0.5) is 0 Å². The zero-order valence-electron chi connectivity index (χ0n) is 42.0. The van der Waals surface area contributed by atoms with E-state index in [9.17, 15) is 49.2 Å². The van der Waals surface area contributed by atoms with Gasteiger partial charge < -0.3 is 41.3 Å². The molecule has 0 aliphatic heterocycles. The van der Waals surface area contributed by atoms with E-state index in [0.717, 1.165) is 54.8 Å². The SMILES string of the molecule is CC(C)CCCC(C)[C@H]1CC[C@H]2[C@@H]3CC[C@H]4C[C@@H](CCCC(c5cc(Cl)c(O)c(C(=O)N[C@@H](CCC(=O)O)C(=O)O)c5)c5cc(Cl)c(O)c(C(=O)N[C@@H](CCC(=O)O)C(=O)O)c5)CC[C@]4(C)[C@H]3CC[C@]12C. The molecule has 0 radical (unpaired) electrons. The van der Waals surface area contributed by atoms with Crippen LogP contribution in [-0.2, 0) is 19.2 Å². The fourth-order valence-electron chi connectivity index (χ4n) is 14.3. The normalized spacial score (nSPS) is 27.2. The van der Waals surface area contributed by atoms with Gasteiger partial charge in [0.15, 0.2) is 0 Å². The minimum atomic E-state index is -1.60. The summed E-state index contributed by atoms with van der Waals surface area (Å²) in [6.07, 6.45) is 15.3. The second-order valence-electron chi connectivity index (χ2n) is 22.7. The standard InChI is InChI=1S/C55H76Cl2N2O12/c1-29(2)8-6-9-30(3)39-14-15-40-36-13-12-34-24-31(20-22-54(34,4)41(36)21-23-55(39,40)5)10-7-11-35(32-25-37(48(64)42(56)27-32)50(66)58-44(52(68)69)16-18-46(60)61)33-26-38(49(65)43(57)28-33)51(67)59-45(53(70)71)17-19-47(62)63/h25-31,34-36,39-41,44-45,64-65H,6-24H2,1-5H3,(H,58,66)(H,59,67)(H,60,61)(H,62,63)(H,68,69)(H,70,71)/t30?,31-,34-,36-,39+,40-,41-,44-,45-,54-,55+/m0/s1. The fraction of sp³-hybridized carbons (Fsp3) is 0.673. The van der Waals surface area contributed by atoms with Gasteiger partial charge in [0.1, 0.15) is 23.6 Å². The molecule has 4 fully saturated rings. The largest absolute Gasteiger partial charge is 0.506 e. The zero-order chi connectivity index (χ0) is 52.1. The number of hydrogen-bond acceptors (Lipinski definition) is 8. The van der Waals surface area contributed by atoms with Crippen LogP contribution in [0.3, 0.4) is 0 Å². The predicted octanol–water partition coefficient (Wildman–Crippen LogP) is 11.5. The van der Waals surface area contributed by atoms with Crippen LogP contribution in [0.5, 0.6) is 11.5 Å². The lowest BCUT2D eigenvalue weighted by atomic mass is 9.44. The number of phenolic OH excluding ortho intramolecular Hbond substituents is 2. The lowest BCUT2D eigenvalue weighted by Crippen LogP contribution is -2.53. The van der Waals surface area contributed by atoms with Gasteiger partial charge in [-0.15, -0.1) is 0 Å². The molecule has 392 valence electrons. The van der Waals surface area contributed by atoms with E-state index in [4.69, 9.17) is 33.4 Å². The van der Waals surface area contributed by atoms with Crippen molar-refractivity contribution in [3.05, 3.63) is 56.6 Å². The maximum Gasteiger partial charge on any atom is 0.326 e. The molecule has 0 heterocycles. The van der Waals surface area contributed by atoms with E-state index < -0.39 is 90.9 Å². The number of halogens is 2. The molecule has 2 aromatic rings. The van der Waals surface area contributed by atoms with Crippen LogP contribution in [-0.4, -0.2) is 78.4 Å². The summed E-state index contributed by atoms with van der Waals surface area (Å²) in [5.74, 6) is -3.75. The van der Waals surface area contributed by atoms with Crippen molar-refractivity contribution < 1.29 is 59.4 Å². The second-order valence-corrected chi connectivity index (χ2v) is 23.5. The van der Waals surface area contributed by atoms with E-state index in [1.54, 1.807) is 0 Å². The maximum absolute atomic E-state index is 13.7. The highest BCUT2D eigenvalue weighted by Crippen LogP contribution is 2.69. The summed E-state index contributed by atoms with van der Waals surface area (Å²) in [6, 6.07) is 2.40. The highest BCUT2D eigenvalue weighted by Gasteiger charge is 2.60. The number of carboxylic acid groups (broad SMARTS) is 4. The molecule has 16 heteroatoms. The van der Waals surface area contributed by atoms with Crippen LogP contribution in [0.25, 0.3) is 0 Å². The molecular weight excluding hydrogens is 952 g/mol. The van der Waals surface area contributed by atoms with Crippen molar-refractivity contribution in [1.82, 2.24) is 10.6 Å². The summed E-state index contributed by atoms with van der Waals surface area (Å²) in [7, 11) is 0. The number of aromatic hydroxyl groups is 2. The molecule has 2 aromatic carbocycles. The number of fused-ring (bicyclic) bond motifs is 5. The summed E-state index contributed by atoms with van der Waals surface area (Å²) in [5, 5.41) is 64.1. The first kappa shape index (κ1) is 55.7. The Labute approximate surface area is 428 Å². The van der Waals surface area contributed by atoms with Crippen LogP contribution >= 0.6 is 23.2 Å². The Morgan fingerprint density at radius 1 is 0.634 bits per heavy atom. The van der Waals surface area contributed by atoms with E-state index in [0.29, 0.717) is 46.6 Å².